The number of amides is 1. The van der Waals surface area contributed by atoms with E-state index in [1.54, 1.807) is 30.2 Å². The number of hydrogen-bond donors (Lipinski definition) is 1. The fourth-order valence-corrected chi connectivity index (χ4v) is 9.35. The molecule has 3 aromatic heterocycles. The molecule has 13 nitrogen and oxygen atoms in total. The zero-order valence-corrected chi connectivity index (χ0v) is 28.8. The summed E-state index contributed by atoms with van der Waals surface area (Å²) in [5, 5.41) is 7.64. The number of rotatable bonds is 2. The largest absolute Gasteiger partial charge is 0.476 e. The molecule has 1 aliphatic carbocycles. The van der Waals surface area contributed by atoms with E-state index in [4.69, 9.17) is 9.72 Å². The normalized spacial score (nSPS) is 27.7. The molecule has 1 N–H and O–H groups in total. The monoisotopic (exact) mass is 666 g/mol. The fourth-order valence-electron chi connectivity index (χ4n) is 9.35. The molecule has 5 aliphatic rings. The quantitative estimate of drug-likeness (QED) is 0.345. The van der Waals surface area contributed by atoms with E-state index in [9.17, 15) is 9.59 Å². The number of aryl methyl sites for hydroxylation is 2. The molecule has 13 heteroatoms. The Hall–Kier alpha value is -4.20. The Balaban J connectivity index is 1.13. The Morgan fingerprint density at radius 2 is 1.82 bits per heavy atom. The van der Waals surface area contributed by atoms with Gasteiger partial charge >= 0.3 is 0 Å². The van der Waals surface area contributed by atoms with Crippen molar-refractivity contribution in [2.75, 3.05) is 82.8 Å². The molecule has 4 fully saturated rings. The van der Waals surface area contributed by atoms with Crippen LogP contribution in [-0.4, -0.2) is 123 Å². The summed E-state index contributed by atoms with van der Waals surface area (Å²) in [6.45, 7) is 9.69. The number of anilines is 2. The van der Waals surface area contributed by atoms with Gasteiger partial charge in [-0.25, -0.2) is 9.67 Å². The molecule has 1 spiro atoms. The van der Waals surface area contributed by atoms with Crippen molar-refractivity contribution >= 4 is 28.6 Å². The summed E-state index contributed by atoms with van der Waals surface area (Å²) in [4.78, 5) is 42.8. The first-order valence-electron chi connectivity index (χ1n) is 17.8. The summed E-state index contributed by atoms with van der Waals surface area (Å²) in [5.74, 6) is 1.35. The Labute approximate surface area is 286 Å². The molecule has 1 aromatic carbocycles. The number of benzene rings is 1. The van der Waals surface area contributed by atoms with Gasteiger partial charge in [-0.05, 0) is 62.9 Å². The molecule has 4 unspecified atom stereocenters. The Morgan fingerprint density at radius 1 is 0.959 bits per heavy atom. The van der Waals surface area contributed by atoms with Crippen molar-refractivity contribution in [2.45, 2.75) is 37.3 Å². The van der Waals surface area contributed by atoms with Crippen LogP contribution in [0.1, 0.15) is 36.0 Å². The number of aromatic nitrogens is 5. The molecule has 4 atom stereocenters. The number of nitrogens with zero attached hydrogens (tertiary/aromatic N) is 9. The Kier molecular flexibility index (Phi) is 7.36. The molecule has 7 heterocycles. The summed E-state index contributed by atoms with van der Waals surface area (Å²) in [6.07, 6.45) is 7.63. The summed E-state index contributed by atoms with van der Waals surface area (Å²) >= 11 is 0. The van der Waals surface area contributed by atoms with E-state index in [0.717, 1.165) is 89.2 Å². The maximum Gasteiger partial charge on any atom is 0.259 e. The van der Waals surface area contributed by atoms with Gasteiger partial charge in [0, 0.05) is 90.9 Å². The van der Waals surface area contributed by atoms with Crippen molar-refractivity contribution in [3.05, 3.63) is 52.6 Å². The van der Waals surface area contributed by atoms with Crippen LogP contribution in [0.5, 0.6) is 5.88 Å². The second kappa shape index (κ2) is 11.7. The van der Waals surface area contributed by atoms with E-state index < -0.39 is 0 Å². The lowest BCUT2D eigenvalue weighted by atomic mass is 9.90. The third kappa shape index (κ3) is 5.24. The van der Waals surface area contributed by atoms with Gasteiger partial charge in [-0.1, -0.05) is 0 Å². The predicted molar refractivity (Wildman–Crippen MR) is 189 cm³/mol. The minimum absolute atomic E-state index is 0.209. The van der Waals surface area contributed by atoms with Gasteiger partial charge in [-0.2, -0.15) is 5.10 Å². The molecule has 4 aliphatic heterocycles. The molecular weight excluding hydrogens is 620 g/mol. The van der Waals surface area contributed by atoms with E-state index in [1.807, 2.05) is 7.05 Å². The molecule has 258 valence electrons. The van der Waals surface area contributed by atoms with Gasteiger partial charge in [0.15, 0.2) is 0 Å². The molecule has 1 amide bonds. The van der Waals surface area contributed by atoms with Gasteiger partial charge in [0.1, 0.15) is 6.61 Å². The number of fused-ring (bicyclic) bond motifs is 9. The van der Waals surface area contributed by atoms with E-state index >= 15 is 0 Å². The first-order valence-corrected chi connectivity index (χ1v) is 17.8. The predicted octanol–water partition coefficient (Wildman–Crippen LogP) is 2.42. The average molecular weight is 667 g/mol. The van der Waals surface area contributed by atoms with Gasteiger partial charge in [-0.15, -0.1) is 0 Å². The minimum Gasteiger partial charge on any atom is -0.476 e. The average Bonchev–Trinajstić information content (AvgIpc) is 3.87. The SMILES string of the molecule is CN1CCN(C2CCN(c3ccc4nc5n(c4c3)C34CCC(CN(CCOc6c(cnn6C)-c6cc(cn(C)c6=O)C(=O)N5)C3)C4)C2)CC1. The summed E-state index contributed by atoms with van der Waals surface area (Å²) in [5.41, 5.74) is 4.08. The molecular formula is C36H46N10O3. The number of pyridine rings is 1. The zero-order chi connectivity index (χ0) is 33.4. The van der Waals surface area contributed by atoms with E-state index in [1.165, 1.54) is 16.7 Å². The van der Waals surface area contributed by atoms with Crippen LogP contribution < -0.4 is 20.5 Å². The second-order valence-corrected chi connectivity index (χ2v) is 15.1. The van der Waals surface area contributed by atoms with Crippen molar-refractivity contribution in [2.24, 2.45) is 20.0 Å². The Morgan fingerprint density at radius 3 is 2.67 bits per heavy atom. The van der Waals surface area contributed by atoms with Crippen LogP contribution in [0, 0.1) is 5.92 Å². The fraction of sp³-hybridized carbons (Fsp3) is 0.556. The minimum atomic E-state index is -0.303. The van der Waals surface area contributed by atoms with Gasteiger partial charge in [0.2, 0.25) is 11.8 Å². The highest BCUT2D eigenvalue weighted by molar-refractivity contribution is 6.04. The lowest BCUT2D eigenvalue weighted by Gasteiger charge is -2.42. The number of likely N-dealkylation sites (N-methyl/N-ethyl adjacent to an activating group) is 1. The number of carbonyl (C=O) groups is 1. The number of piperazine rings is 1. The van der Waals surface area contributed by atoms with Crippen LogP contribution in [0.3, 0.4) is 0 Å². The van der Waals surface area contributed by atoms with Gasteiger partial charge in [0.05, 0.1) is 39.5 Å². The first kappa shape index (κ1) is 30.8. The maximum absolute atomic E-state index is 14.1. The summed E-state index contributed by atoms with van der Waals surface area (Å²) in [6, 6.07) is 8.88. The topological polar surface area (TPSA) is 109 Å². The standard InChI is InChI=1S/C36H46N10O3/c1-40-10-12-44(13-11-40)27-7-9-45(22-27)26-4-5-30-31(17-26)46-35(38-30)39-32(47)25-16-28(33(48)41(2)21-25)29-19-37-42(3)34(29)49-15-14-43-20-24-6-8-36(46,18-24)23-43/h4-5,16-17,19,21,24,27H,6-15,18,20,22-23H2,1-3H3,(H,38,39,47). The van der Waals surface area contributed by atoms with Crippen LogP contribution in [0.4, 0.5) is 11.6 Å². The molecule has 9 rings (SSSR count). The number of piperidine rings is 1. The van der Waals surface area contributed by atoms with Gasteiger partial charge in [-0.3, -0.25) is 24.7 Å². The van der Waals surface area contributed by atoms with Crippen LogP contribution in [0.15, 0.2) is 41.5 Å². The van der Waals surface area contributed by atoms with Crippen molar-refractivity contribution in [1.82, 2.24) is 38.6 Å². The first-order chi connectivity index (χ1) is 23.7. The number of carbonyl (C=O) groups excluding carboxylic acids is 1. The van der Waals surface area contributed by atoms with Crippen molar-refractivity contribution in [1.29, 1.82) is 0 Å². The molecule has 0 radical (unpaired) electrons. The summed E-state index contributed by atoms with van der Waals surface area (Å²) < 4.78 is 11.9. The molecule has 5 bridgehead atoms. The van der Waals surface area contributed by atoms with Crippen LogP contribution in [0.25, 0.3) is 22.2 Å². The van der Waals surface area contributed by atoms with Crippen molar-refractivity contribution < 1.29 is 9.53 Å². The van der Waals surface area contributed by atoms with Crippen molar-refractivity contribution in [3.8, 4) is 17.0 Å². The zero-order valence-electron chi connectivity index (χ0n) is 28.8. The summed E-state index contributed by atoms with van der Waals surface area (Å²) in [7, 11) is 5.70. The molecule has 49 heavy (non-hydrogen) atoms. The number of ether oxygens (including phenoxy) is 1. The maximum atomic E-state index is 14.1. The third-order valence-corrected chi connectivity index (χ3v) is 11.9. The molecule has 1 saturated carbocycles. The van der Waals surface area contributed by atoms with E-state index in [-0.39, 0.29) is 17.0 Å². The van der Waals surface area contributed by atoms with Crippen LogP contribution >= 0.6 is 0 Å². The molecule has 4 aromatic rings. The van der Waals surface area contributed by atoms with Gasteiger partial charge < -0.3 is 23.7 Å². The highest BCUT2D eigenvalue weighted by atomic mass is 16.5. The van der Waals surface area contributed by atoms with Crippen LogP contribution in [0.2, 0.25) is 0 Å². The van der Waals surface area contributed by atoms with Gasteiger partial charge in [0.25, 0.3) is 11.5 Å². The van der Waals surface area contributed by atoms with E-state index in [0.29, 0.717) is 47.1 Å². The lowest BCUT2D eigenvalue weighted by Crippen LogP contribution is -2.50. The molecule has 3 saturated heterocycles. The smallest absolute Gasteiger partial charge is 0.259 e. The highest BCUT2D eigenvalue weighted by Crippen LogP contribution is 2.48. The van der Waals surface area contributed by atoms with Crippen LogP contribution in [-0.2, 0) is 19.6 Å². The van der Waals surface area contributed by atoms with Crippen molar-refractivity contribution in [3.63, 3.8) is 0 Å². The number of nitrogens with one attached hydrogen (secondary N) is 1. The second-order valence-electron chi connectivity index (χ2n) is 15.1. The third-order valence-electron chi connectivity index (χ3n) is 11.9. The van der Waals surface area contributed by atoms with E-state index in [2.05, 4.69) is 59.8 Å². The number of imidazole rings is 1. The highest BCUT2D eigenvalue weighted by Gasteiger charge is 2.48. The number of hydrogen-bond acceptors (Lipinski definition) is 9. The Bertz CT molecular complexity index is 1990. The lowest BCUT2D eigenvalue weighted by molar-refractivity contribution is 0.0902.